The van der Waals surface area contributed by atoms with E-state index in [1.807, 2.05) is 0 Å². The van der Waals surface area contributed by atoms with Crippen LogP contribution in [0.25, 0.3) is 0 Å². The van der Waals surface area contributed by atoms with Crippen LogP contribution >= 0.6 is 0 Å². The Morgan fingerprint density at radius 3 is 2.72 bits per heavy atom. The van der Waals surface area contributed by atoms with Crippen molar-refractivity contribution < 1.29 is 13.5 Å². The molecule has 0 amide bonds. The zero-order valence-corrected chi connectivity index (χ0v) is 10.0. The third kappa shape index (κ3) is 2.51. The molecule has 18 heavy (non-hydrogen) atoms. The van der Waals surface area contributed by atoms with Crippen LogP contribution in [0.15, 0.2) is 6.07 Å². The number of anilines is 2. The molecule has 1 aliphatic carbocycles. The Labute approximate surface area is 104 Å². The van der Waals surface area contributed by atoms with E-state index in [0.717, 1.165) is 25.3 Å². The number of nitrogens with zero attached hydrogens (tertiary/aromatic N) is 1. The standard InChI is InChI=1S/C11H16F2N4O/c1-18-9-4-2-3-8(9)15-10-6(12)5-7(13)11(16-10)17-14/h5,8-9H,2-4,14H2,1H3,(H2,15,16,17). The Bertz CT molecular complexity index is 430. The summed E-state index contributed by atoms with van der Waals surface area (Å²) in [5.41, 5.74) is 2.09. The Kier molecular flexibility index (Phi) is 3.93. The number of hydrogen-bond acceptors (Lipinski definition) is 5. The number of ether oxygens (including phenoxy) is 1. The highest BCUT2D eigenvalue weighted by Crippen LogP contribution is 2.26. The van der Waals surface area contributed by atoms with Gasteiger partial charge in [0.25, 0.3) is 0 Å². The van der Waals surface area contributed by atoms with Gasteiger partial charge in [-0.2, -0.15) is 0 Å². The first kappa shape index (κ1) is 13.0. The molecule has 1 saturated carbocycles. The van der Waals surface area contributed by atoms with Crippen molar-refractivity contribution in [2.75, 3.05) is 17.9 Å². The second kappa shape index (κ2) is 5.45. The molecule has 0 radical (unpaired) electrons. The number of nitrogens with two attached hydrogens (primary N) is 1. The van der Waals surface area contributed by atoms with Crippen molar-refractivity contribution in [3.8, 4) is 0 Å². The molecule has 2 atom stereocenters. The molecular formula is C11H16F2N4O. The second-order valence-electron chi connectivity index (χ2n) is 4.25. The van der Waals surface area contributed by atoms with E-state index < -0.39 is 11.6 Å². The van der Waals surface area contributed by atoms with Crippen LogP contribution in [0.3, 0.4) is 0 Å². The van der Waals surface area contributed by atoms with Gasteiger partial charge in [-0.15, -0.1) is 0 Å². The number of nitrogen functional groups attached to an aromatic ring is 1. The summed E-state index contributed by atoms with van der Waals surface area (Å²) in [4.78, 5) is 3.77. The summed E-state index contributed by atoms with van der Waals surface area (Å²) in [7, 11) is 1.62. The van der Waals surface area contributed by atoms with Crippen LogP contribution in [-0.4, -0.2) is 24.2 Å². The molecule has 7 heteroatoms. The van der Waals surface area contributed by atoms with Crippen LogP contribution in [0, 0.1) is 11.6 Å². The van der Waals surface area contributed by atoms with Gasteiger partial charge in [-0.05, 0) is 19.3 Å². The SMILES string of the molecule is COC1CCCC1Nc1nc(NN)c(F)cc1F. The minimum Gasteiger partial charge on any atom is -0.379 e. The number of nitrogens with one attached hydrogen (secondary N) is 2. The Hall–Kier alpha value is -1.47. The van der Waals surface area contributed by atoms with Gasteiger partial charge >= 0.3 is 0 Å². The number of halogens is 2. The molecule has 2 unspecified atom stereocenters. The molecule has 0 aliphatic heterocycles. The largest absolute Gasteiger partial charge is 0.379 e. The third-order valence-corrected chi connectivity index (χ3v) is 3.14. The Morgan fingerprint density at radius 2 is 2.06 bits per heavy atom. The predicted molar refractivity (Wildman–Crippen MR) is 64.0 cm³/mol. The topological polar surface area (TPSA) is 72.2 Å². The van der Waals surface area contributed by atoms with Crippen LogP contribution < -0.4 is 16.6 Å². The van der Waals surface area contributed by atoms with Gasteiger partial charge in [-0.25, -0.2) is 19.6 Å². The molecule has 1 fully saturated rings. The fourth-order valence-electron chi connectivity index (χ4n) is 2.22. The smallest absolute Gasteiger partial charge is 0.178 e. The van der Waals surface area contributed by atoms with Crippen molar-refractivity contribution in [1.82, 2.24) is 4.98 Å². The van der Waals surface area contributed by atoms with Crippen LogP contribution in [0.2, 0.25) is 0 Å². The van der Waals surface area contributed by atoms with Crippen molar-refractivity contribution in [1.29, 1.82) is 0 Å². The van der Waals surface area contributed by atoms with E-state index in [1.54, 1.807) is 7.11 Å². The first-order chi connectivity index (χ1) is 8.65. The zero-order chi connectivity index (χ0) is 13.1. The molecule has 5 nitrogen and oxygen atoms in total. The zero-order valence-electron chi connectivity index (χ0n) is 10.0. The minimum absolute atomic E-state index is 0.0155. The lowest BCUT2D eigenvalue weighted by Gasteiger charge is -2.20. The second-order valence-corrected chi connectivity index (χ2v) is 4.25. The predicted octanol–water partition coefficient (Wildman–Crippen LogP) is 1.62. The van der Waals surface area contributed by atoms with Gasteiger partial charge in [-0.3, -0.25) is 0 Å². The quantitative estimate of drug-likeness (QED) is 0.565. The van der Waals surface area contributed by atoms with Crippen LogP contribution in [-0.2, 0) is 4.74 Å². The molecule has 4 N–H and O–H groups in total. The molecule has 100 valence electrons. The molecule has 2 rings (SSSR count). The van der Waals surface area contributed by atoms with Gasteiger partial charge in [0.2, 0.25) is 0 Å². The van der Waals surface area contributed by atoms with E-state index in [-0.39, 0.29) is 23.8 Å². The van der Waals surface area contributed by atoms with Gasteiger partial charge in [0, 0.05) is 13.2 Å². The van der Waals surface area contributed by atoms with Crippen LogP contribution in [0.5, 0.6) is 0 Å². The fourth-order valence-corrected chi connectivity index (χ4v) is 2.22. The first-order valence-corrected chi connectivity index (χ1v) is 5.77. The highest BCUT2D eigenvalue weighted by Gasteiger charge is 2.28. The normalized spacial score (nSPS) is 23.1. The Morgan fingerprint density at radius 1 is 1.33 bits per heavy atom. The van der Waals surface area contributed by atoms with Crippen molar-refractivity contribution in [2.45, 2.75) is 31.4 Å². The van der Waals surface area contributed by atoms with E-state index in [2.05, 4.69) is 15.7 Å². The molecule has 1 aromatic heterocycles. The van der Waals surface area contributed by atoms with Gasteiger partial charge in [0.15, 0.2) is 23.3 Å². The molecule has 0 bridgehead atoms. The summed E-state index contributed by atoms with van der Waals surface area (Å²) in [6.45, 7) is 0. The highest BCUT2D eigenvalue weighted by molar-refractivity contribution is 5.47. The molecular weight excluding hydrogens is 242 g/mol. The van der Waals surface area contributed by atoms with Crippen molar-refractivity contribution in [3.05, 3.63) is 17.7 Å². The number of pyridine rings is 1. The number of rotatable bonds is 4. The molecule has 1 aromatic rings. The first-order valence-electron chi connectivity index (χ1n) is 5.77. The monoisotopic (exact) mass is 258 g/mol. The molecule has 1 heterocycles. The molecule has 0 saturated heterocycles. The Balaban J connectivity index is 2.18. The highest BCUT2D eigenvalue weighted by atomic mass is 19.1. The summed E-state index contributed by atoms with van der Waals surface area (Å²) in [5, 5.41) is 2.94. The van der Waals surface area contributed by atoms with Crippen LogP contribution in [0.1, 0.15) is 19.3 Å². The summed E-state index contributed by atoms with van der Waals surface area (Å²) >= 11 is 0. The van der Waals surface area contributed by atoms with E-state index in [0.29, 0.717) is 0 Å². The average molecular weight is 258 g/mol. The summed E-state index contributed by atoms with van der Waals surface area (Å²) in [6, 6.07) is 0.731. The van der Waals surface area contributed by atoms with Crippen molar-refractivity contribution >= 4 is 11.6 Å². The maximum Gasteiger partial charge on any atom is 0.178 e. The summed E-state index contributed by atoms with van der Waals surface area (Å²) in [6.07, 6.45) is 2.80. The summed E-state index contributed by atoms with van der Waals surface area (Å²) < 4.78 is 32.1. The van der Waals surface area contributed by atoms with Gasteiger partial charge in [0.05, 0.1) is 12.1 Å². The fraction of sp³-hybridized carbons (Fsp3) is 0.545. The molecule has 0 spiro atoms. The van der Waals surface area contributed by atoms with Gasteiger partial charge < -0.3 is 15.5 Å². The van der Waals surface area contributed by atoms with Gasteiger partial charge in [0.1, 0.15) is 0 Å². The maximum atomic E-state index is 13.6. The summed E-state index contributed by atoms with van der Waals surface area (Å²) in [5.74, 6) is 3.33. The third-order valence-electron chi connectivity index (χ3n) is 3.14. The van der Waals surface area contributed by atoms with Gasteiger partial charge in [-0.1, -0.05) is 0 Å². The van der Waals surface area contributed by atoms with E-state index in [1.165, 1.54) is 0 Å². The lowest BCUT2D eigenvalue weighted by Crippen LogP contribution is -2.30. The van der Waals surface area contributed by atoms with Crippen molar-refractivity contribution in [2.24, 2.45) is 5.84 Å². The minimum atomic E-state index is -0.824. The number of methoxy groups -OCH3 is 1. The van der Waals surface area contributed by atoms with Crippen molar-refractivity contribution in [3.63, 3.8) is 0 Å². The van der Waals surface area contributed by atoms with E-state index >= 15 is 0 Å². The number of hydrazine groups is 1. The van der Waals surface area contributed by atoms with Crippen LogP contribution in [0.4, 0.5) is 20.4 Å². The van der Waals surface area contributed by atoms with E-state index in [4.69, 9.17) is 10.6 Å². The molecule has 1 aliphatic rings. The number of aromatic nitrogens is 1. The number of hydrogen-bond donors (Lipinski definition) is 3. The maximum absolute atomic E-state index is 13.6. The molecule has 0 aromatic carbocycles. The lowest BCUT2D eigenvalue weighted by molar-refractivity contribution is 0.101. The van der Waals surface area contributed by atoms with E-state index in [9.17, 15) is 8.78 Å². The lowest BCUT2D eigenvalue weighted by atomic mass is 10.2. The average Bonchev–Trinajstić information content (AvgIpc) is 2.79.